The molecule has 0 spiro atoms. The van der Waals surface area contributed by atoms with E-state index in [0.717, 1.165) is 63.4 Å². The van der Waals surface area contributed by atoms with E-state index in [-0.39, 0.29) is 34.7 Å². The van der Waals surface area contributed by atoms with Gasteiger partial charge in [-0.1, -0.05) is 13.8 Å². The molecule has 10 nitrogen and oxygen atoms in total. The van der Waals surface area contributed by atoms with Crippen molar-refractivity contribution in [2.45, 2.75) is 114 Å². The minimum atomic E-state index is -1.45. The van der Waals surface area contributed by atoms with Crippen molar-refractivity contribution in [2.75, 3.05) is 20.3 Å². The fourth-order valence-corrected chi connectivity index (χ4v) is 10.4. The molecule has 6 rings (SSSR count). The maximum atomic E-state index is 12.4. The summed E-state index contributed by atoms with van der Waals surface area (Å²) >= 11 is 0. The molecule has 4 aliphatic carbocycles. The van der Waals surface area contributed by atoms with Gasteiger partial charge in [0.05, 0.1) is 19.3 Å². The summed E-state index contributed by atoms with van der Waals surface area (Å²) in [6.07, 6.45) is 3.63. The molecule has 0 aromatic heterocycles. The van der Waals surface area contributed by atoms with Crippen LogP contribution in [0.1, 0.15) is 71.6 Å². The van der Waals surface area contributed by atoms with Crippen molar-refractivity contribution >= 4 is 5.97 Å². The first-order valence-electron chi connectivity index (χ1n) is 15.2. The Labute approximate surface area is 236 Å². The van der Waals surface area contributed by atoms with Crippen molar-refractivity contribution in [3.63, 3.8) is 0 Å². The van der Waals surface area contributed by atoms with Crippen LogP contribution in [0.5, 0.6) is 0 Å². The van der Waals surface area contributed by atoms with Crippen molar-refractivity contribution in [1.29, 1.82) is 0 Å². The molecule has 2 heterocycles. The number of fused-ring (bicyclic) bond motifs is 5. The minimum Gasteiger partial charge on any atom is -0.458 e. The first-order valence-corrected chi connectivity index (χ1v) is 15.2. The molecule has 1 saturated heterocycles. The average molecular weight is 566 g/mol. The first kappa shape index (κ1) is 29.0. The van der Waals surface area contributed by atoms with Crippen LogP contribution in [0.2, 0.25) is 0 Å². The Kier molecular flexibility index (Phi) is 7.43. The number of nitrogens with zero attached hydrogens (tertiary/aromatic N) is 1. The number of aliphatic hydroxyl groups is 5. The number of hydrogen-bond acceptors (Lipinski definition) is 10. The van der Waals surface area contributed by atoms with Crippen molar-refractivity contribution in [3.8, 4) is 0 Å². The van der Waals surface area contributed by atoms with Crippen molar-refractivity contribution in [2.24, 2.45) is 34.5 Å². The third-order valence-corrected chi connectivity index (χ3v) is 12.6. The molecule has 2 aliphatic heterocycles. The Bertz CT molecular complexity index is 1020. The first-order chi connectivity index (χ1) is 19.0. The highest BCUT2D eigenvalue weighted by Gasteiger charge is 2.68. The molecule has 0 bridgehead atoms. The third kappa shape index (κ3) is 4.08. The molecule has 5 fully saturated rings. The molecule has 5 N–H and O–H groups in total. The van der Waals surface area contributed by atoms with Crippen LogP contribution in [0.3, 0.4) is 0 Å². The molecule has 10 heteroatoms. The Hall–Kier alpha value is -1.11. The van der Waals surface area contributed by atoms with E-state index in [0.29, 0.717) is 18.4 Å². The highest BCUT2D eigenvalue weighted by molar-refractivity contribution is 5.85. The minimum absolute atomic E-state index is 0.0549. The highest BCUT2D eigenvalue weighted by atomic mass is 16.7. The second-order valence-corrected chi connectivity index (χ2v) is 14.0. The van der Waals surface area contributed by atoms with Crippen LogP contribution in [0.25, 0.3) is 0 Å². The number of cyclic esters (lactones) is 1. The summed E-state index contributed by atoms with van der Waals surface area (Å²) in [4.78, 5) is 17.6. The molecule has 13 atom stereocenters. The lowest BCUT2D eigenvalue weighted by Gasteiger charge is -2.64. The summed E-state index contributed by atoms with van der Waals surface area (Å²) in [5.74, 6) is 0.949. The van der Waals surface area contributed by atoms with Crippen LogP contribution in [0.4, 0.5) is 0 Å². The number of hydrogen-bond donors (Lipinski definition) is 5. The third-order valence-electron chi connectivity index (χ3n) is 12.6. The lowest BCUT2D eigenvalue weighted by molar-refractivity contribution is -0.344. The summed E-state index contributed by atoms with van der Waals surface area (Å²) in [7, 11) is 1.53. The molecule has 6 aliphatic rings. The SMILES string of the molecule is CON(C1O[C@@H](CO)[C@H](O)[C@H](O)[C@H]1O)[C@H]1CC[C@@]2(C)C(CCC3C2CC[C@]2(C)[C@@H](C4=CC(=O)OC4)CC[C@]32O)C1. The lowest BCUT2D eigenvalue weighted by atomic mass is 9.43. The van der Waals surface area contributed by atoms with Gasteiger partial charge in [-0.25, -0.2) is 4.79 Å². The maximum absolute atomic E-state index is 12.4. The zero-order valence-electron chi connectivity index (χ0n) is 23.9. The Morgan fingerprint density at radius 1 is 1.00 bits per heavy atom. The van der Waals surface area contributed by atoms with Gasteiger partial charge in [-0.3, -0.25) is 4.84 Å². The predicted molar refractivity (Wildman–Crippen MR) is 142 cm³/mol. The van der Waals surface area contributed by atoms with E-state index in [1.54, 1.807) is 11.1 Å². The number of ether oxygens (including phenoxy) is 2. The van der Waals surface area contributed by atoms with Crippen molar-refractivity contribution in [1.82, 2.24) is 5.06 Å². The Morgan fingerprint density at radius 3 is 2.45 bits per heavy atom. The average Bonchev–Trinajstić information content (AvgIpc) is 3.48. The Balaban J connectivity index is 1.19. The maximum Gasteiger partial charge on any atom is 0.331 e. The monoisotopic (exact) mass is 565 g/mol. The lowest BCUT2D eigenvalue weighted by Crippen LogP contribution is -2.66. The summed E-state index contributed by atoms with van der Waals surface area (Å²) in [5, 5.41) is 55.1. The number of rotatable bonds is 5. The van der Waals surface area contributed by atoms with Crippen molar-refractivity contribution < 1.29 is 44.6 Å². The van der Waals surface area contributed by atoms with E-state index in [1.807, 2.05) is 0 Å². The van der Waals surface area contributed by atoms with Gasteiger partial charge in [0.15, 0.2) is 6.23 Å². The number of carbonyl (C=O) groups is 1. The van der Waals surface area contributed by atoms with Gasteiger partial charge in [-0.15, -0.1) is 0 Å². The topological polar surface area (TPSA) is 149 Å². The van der Waals surface area contributed by atoms with Crippen LogP contribution in [0.15, 0.2) is 11.6 Å². The van der Waals surface area contributed by atoms with E-state index in [9.17, 15) is 30.3 Å². The number of carbonyl (C=O) groups excluding carboxylic acids is 1. The molecule has 4 unspecified atom stereocenters. The fraction of sp³-hybridized carbons (Fsp3) is 0.900. The van der Waals surface area contributed by atoms with E-state index < -0.39 is 42.9 Å². The van der Waals surface area contributed by atoms with Gasteiger partial charge in [-0.05, 0) is 92.4 Å². The van der Waals surface area contributed by atoms with Gasteiger partial charge in [0, 0.05) is 17.5 Å². The Morgan fingerprint density at radius 2 is 1.77 bits per heavy atom. The van der Waals surface area contributed by atoms with E-state index >= 15 is 0 Å². The van der Waals surface area contributed by atoms with Gasteiger partial charge >= 0.3 is 5.97 Å². The molecule has 226 valence electrons. The number of hydroxylamine groups is 2. The normalized spacial score (nSPS) is 52.5. The second kappa shape index (κ2) is 10.3. The molecule has 0 aromatic carbocycles. The summed E-state index contributed by atoms with van der Waals surface area (Å²) in [6, 6.07) is -0.0549. The van der Waals surface area contributed by atoms with Crippen LogP contribution in [-0.4, -0.2) is 99.2 Å². The van der Waals surface area contributed by atoms with Crippen molar-refractivity contribution in [3.05, 3.63) is 11.6 Å². The predicted octanol–water partition coefficient (Wildman–Crippen LogP) is 1.28. The summed E-state index contributed by atoms with van der Waals surface area (Å²) in [6.45, 7) is 4.53. The van der Waals surface area contributed by atoms with Crippen LogP contribution in [0, 0.1) is 34.5 Å². The van der Waals surface area contributed by atoms with Crippen LogP contribution >= 0.6 is 0 Å². The van der Waals surface area contributed by atoms with Crippen LogP contribution in [-0.2, 0) is 19.1 Å². The molecule has 0 radical (unpaired) electrons. The molecular weight excluding hydrogens is 518 g/mol. The van der Waals surface area contributed by atoms with Gasteiger partial charge in [0.2, 0.25) is 0 Å². The van der Waals surface area contributed by atoms with Gasteiger partial charge in [-0.2, -0.15) is 5.06 Å². The fourth-order valence-electron chi connectivity index (χ4n) is 10.4. The van der Waals surface area contributed by atoms with E-state index in [4.69, 9.17) is 14.3 Å². The second-order valence-electron chi connectivity index (χ2n) is 14.0. The standard InChI is InChI=1S/C30H47NO9/c1-28-9-6-18(31(38-3)27-26(36)25(35)24(34)22(14-32)40-27)13-17(28)4-5-21-20(28)7-10-29(2)19(8-11-30(21,29)37)16-12-23(33)39-15-16/h12,17-22,24-27,32,34-37H,4-11,13-15H2,1-3H3/t17?,18-,19+,20?,21?,22-,24-,25-,26+,27?,28-,29+,30-/m0/s1. The van der Waals surface area contributed by atoms with Gasteiger partial charge in [0.25, 0.3) is 0 Å². The van der Waals surface area contributed by atoms with Gasteiger partial charge < -0.3 is 35.0 Å². The molecule has 0 aromatic rings. The largest absolute Gasteiger partial charge is 0.458 e. The zero-order valence-corrected chi connectivity index (χ0v) is 23.9. The number of aliphatic hydroxyl groups excluding tert-OH is 4. The highest BCUT2D eigenvalue weighted by Crippen LogP contribution is 2.70. The van der Waals surface area contributed by atoms with E-state index in [1.165, 1.54) is 7.11 Å². The number of esters is 1. The van der Waals surface area contributed by atoms with E-state index in [2.05, 4.69) is 13.8 Å². The summed E-state index contributed by atoms with van der Waals surface area (Å²) < 4.78 is 11.1. The molecule has 40 heavy (non-hydrogen) atoms. The quantitative estimate of drug-likeness (QED) is 0.244. The molecule has 4 saturated carbocycles. The molecule has 0 amide bonds. The smallest absolute Gasteiger partial charge is 0.331 e. The molecular formula is C30H47NO9. The zero-order chi connectivity index (χ0) is 28.6. The summed E-state index contributed by atoms with van der Waals surface area (Å²) in [5.41, 5.74) is 0.0988. The van der Waals surface area contributed by atoms with Crippen LogP contribution < -0.4 is 0 Å². The van der Waals surface area contributed by atoms with Gasteiger partial charge in [0.1, 0.15) is 31.0 Å².